The van der Waals surface area contributed by atoms with Crippen LogP contribution in [0.25, 0.3) is 0 Å². The monoisotopic (exact) mass is 420 g/mol. The number of aryl methyl sites for hydroxylation is 1. The summed E-state index contributed by atoms with van der Waals surface area (Å²) in [5.74, 6) is -0.0609. The van der Waals surface area contributed by atoms with Crippen molar-refractivity contribution in [1.29, 1.82) is 0 Å². The van der Waals surface area contributed by atoms with Gasteiger partial charge < -0.3 is 10.1 Å². The summed E-state index contributed by atoms with van der Waals surface area (Å²) in [6.07, 6.45) is 6.98. The summed E-state index contributed by atoms with van der Waals surface area (Å²) < 4.78 is 35.1. The van der Waals surface area contributed by atoms with Crippen molar-refractivity contribution in [1.82, 2.24) is 19.4 Å². The maximum atomic E-state index is 13.2. The molecular weight excluding hydrogens is 392 g/mol. The first kappa shape index (κ1) is 21.3. The van der Waals surface area contributed by atoms with Gasteiger partial charge in [0.15, 0.2) is 0 Å². The molecule has 1 aliphatic heterocycles. The highest BCUT2D eigenvalue weighted by molar-refractivity contribution is 7.89. The second kappa shape index (κ2) is 9.41. The van der Waals surface area contributed by atoms with E-state index in [-0.39, 0.29) is 22.6 Å². The summed E-state index contributed by atoms with van der Waals surface area (Å²) in [6, 6.07) is 6.32. The van der Waals surface area contributed by atoms with E-state index in [1.807, 2.05) is 19.2 Å². The van der Waals surface area contributed by atoms with E-state index in [0.29, 0.717) is 25.2 Å². The van der Waals surface area contributed by atoms with Gasteiger partial charge in [-0.15, -0.1) is 0 Å². The van der Waals surface area contributed by atoms with Gasteiger partial charge in [-0.25, -0.2) is 8.42 Å². The van der Waals surface area contributed by atoms with E-state index in [9.17, 15) is 13.2 Å². The quantitative estimate of drug-likeness (QED) is 0.661. The highest BCUT2D eigenvalue weighted by atomic mass is 32.2. The third-order valence-electron chi connectivity index (χ3n) is 5.16. The van der Waals surface area contributed by atoms with Crippen LogP contribution in [-0.4, -0.2) is 54.7 Å². The van der Waals surface area contributed by atoms with Gasteiger partial charge >= 0.3 is 0 Å². The van der Waals surface area contributed by atoms with Crippen molar-refractivity contribution in [3.05, 3.63) is 42.2 Å². The maximum Gasteiger partial charge on any atom is 0.251 e. The summed E-state index contributed by atoms with van der Waals surface area (Å²) in [5, 5.41) is 6.95. The van der Waals surface area contributed by atoms with Crippen LogP contribution in [0.15, 0.2) is 41.6 Å². The van der Waals surface area contributed by atoms with Crippen molar-refractivity contribution in [3.8, 4) is 5.75 Å². The molecule has 2 heterocycles. The van der Waals surface area contributed by atoms with E-state index in [1.54, 1.807) is 23.0 Å². The molecular formula is C20H28N4O4S. The normalized spacial score (nSPS) is 17.8. The van der Waals surface area contributed by atoms with E-state index < -0.39 is 10.0 Å². The summed E-state index contributed by atoms with van der Waals surface area (Å²) in [7, 11) is -2.31. The number of carbonyl (C=O) groups excluding carboxylic acids is 1. The van der Waals surface area contributed by atoms with E-state index in [1.165, 1.54) is 17.5 Å². The number of hydrogen-bond acceptors (Lipinski definition) is 5. The number of piperidine rings is 1. The van der Waals surface area contributed by atoms with Crippen LogP contribution >= 0.6 is 0 Å². The number of sulfonamides is 1. The number of nitrogens with one attached hydrogen (secondary N) is 1. The Morgan fingerprint density at radius 3 is 2.86 bits per heavy atom. The molecule has 1 aromatic heterocycles. The minimum absolute atomic E-state index is 0.0398. The molecule has 1 amide bonds. The highest BCUT2D eigenvalue weighted by Crippen LogP contribution is 2.31. The van der Waals surface area contributed by atoms with Crippen LogP contribution < -0.4 is 10.1 Å². The van der Waals surface area contributed by atoms with Gasteiger partial charge in [-0.1, -0.05) is 6.42 Å². The molecule has 1 unspecified atom stereocenters. The lowest BCUT2D eigenvalue weighted by Crippen LogP contribution is -2.42. The fourth-order valence-corrected chi connectivity index (χ4v) is 5.44. The minimum atomic E-state index is -3.75. The molecule has 1 aromatic carbocycles. The summed E-state index contributed by atoms with van der Waals surface area (Å²) in [4.78, 5) is 12.6. The number of nitrogens with zero attached hydrogens (tertiary/aromatic N) is 3. The van der Waals surface area contributed by atoms with E-state index in [0.717, 1.165) is 25.7 Å². The number of carbonyl (C=O) groups is 1. The Balaban J connectivity index is 1.73. The lowest BCUT2D eigenvalue weighted by molar-refractivity contribution is 0.0952. The third-order valence-corrected chi connectivity index (χ3v) is 7.20. The number of benzene rings is 1. The van der Waals surface area contributed by atoms with Crippen LogP contribution in [-0.2, 0) is 16.6 Å². The zero-order valence-electron chi connectivity index (χ0n) is 16.9. The average Bonchev–Trinajstić information content (AvgIpc) is 3.24. The molecule has 0 bridgehead atoms. The molecule has 1 fully saturated rings. The third kappa shape index (κ3) is 4.97. The Morgan fingerprint density at radius 1 is 1.34 bits per heavy atom. The molecule has 0 radical (unpaired) electrons. The second-order valence-corrected chi connectivity index (χ2v) is 9.06. The molecule has 158 valence electrons. The van der Waals surface area contributed by atoms with Gasteiger partial charge in [0, 0.05) is 43.6 Å². The Hall–Kier alpha value is -2.39. The molecule has 3 rings (SSSR count). The lowest BCUT2D eigenvalue weighted by atomic mass is 10.1. The zero-order chi connectivity index (χ0) is 20.9. The van der Waals surface area contributed by atoms with E-state index >= 15 is 0 Å². The van der Waals surface area contributed by atoms with Gasteiger partial charge in [0.05, 0.1) is 7.11 Å². The van der Waals surface area contributed by atoms with Crippen molar-refractivity contribution in [2.45, 2.75) is 50.1 Å². The predicted octanol–water partition coefficient (Wildman–Crippen LogP) is 2.27. The Kier molecular flexibility index (Phi) is 6.92. The van der Waals surface area contributed by atoms with Crippen molar-refractivity contribution in [3.63, 3.8) is 0 Å². The second-order valence-electron chi connectivity index (χ2n) is 7.20. The molecule has 0 aliphatic carbocycles. The number of rotatable bonds is 8. The highest BCUT2D eigenvalue weighted by Gasteiger charge is 2.33. The number of methoxy groups -OCH3 is 1. The van der Waals surface area contributed by atoms with Crippen LogP contribution in [0.4, 0.5) is 0 Å². The molecule has 1 aliphatic rings. The van der Waals surface area contributed by atoms with Gasteiger partial charge in [-0.2, -0.15) is 9.40 Å². The molecule has 1 saturated heterocycles. The molecule has 9 heteroatoms. The van der Waals surface area contributed by atoms with Gasteiger partial charge in [0.25, 0.3) is 5.91 Å². The topological polar surface area (TPSA) is 93.5 Å². The number of ether oxygens (including phenoxy) is 1. The molecule has 1 N–H and O–H groups in total. The predicted molar refractivity (Wildman–Crippen MR) is 109 cm³/mol. The average molecular weight is 421 g/mol. The van der Waals surface area contributed by atoms with Crippen LogP contribution in [0.3, 0.4) is 0 Å². The minimum Gasteiger partial charge on any atom is -0.495 e. The van der Waals surface area contributed by atoms with Crippen LogP contribution in [0.2, 0.25) is 0 Å². The first-order valence-electron chi connectivity index (χ1n) is 9.89. The number of amides is 1. The van der Waals surface area contributed by atoms with Crippen molar-refractivity contribution >= 4 is 15.9 Å². The van der Waals surface area contributed by atoms with Gasteiger partial charge in [-0.05, 0) is 50.5 Å². The van der Waals surface area contributed by atoms with Crippen molar-refractivity contribution in [2.75, 3.05) is 20.2 Å². The van der Waals surface area contributed by atoms with Crippen LogP contribution in [0.1, 0.15) is 43.0 Å². The largest absolute Gasteiger partial charge is 0.495 e. The molecule has 1 atom stereocenters. The maximum absolute atomic E-state index is 13.2. The van der Waals surface area contributed by atoms with Gasteiger partial charge in [0.2, 0.25) is 10.0 Å². The molecule has 0 saturated carbocycles. The number of aromatic nitrogens is 2. The smallest absolute Gasteiger partial charge is 0.251 e. The Morgan fingerprint density at radius 2 is 2.17 bits per heavy atom. The fourth-order valence-electron chi connectivity index (χ4n) is 3.55. The Bertz CT molecular complexity index is 928. The van der Waals surface area contributed by atoms with Crippen LogP contribution in [0.5, 0.6) is 5.75 Å². The summed E-state index contributed by atoms with van der Waals surface area (Å²) in [5.41, 5.74) is 0.299. The Labute approximate surface area is 171 Å². The van der Waals surface area contributed by atoms with Gasteiger partial charge in [-0.3, -0.25) is 9.48 Å². The number of hydrogen-bond donors (Lipinski definition) is 1. The standard InChI is InChI=1S/C20H28N4O4S/c1-16-7-3-4-14-24(16)29(26,27)19-15-17(8-9-18(19)28-2)20(25)21-10-5-12-23-13-6-11-22-23/h6,8-9,11,13,15-16H,3-5,7,10,12,14H2,1-2H3,(H,21,25). The van der Waals surface area contributed by atoms with E-state index in [2.05, 4.69) is 10.4 Å². The first-order valence-corrected chi connectivity index (χ1v) is 11.3. The van der Waals surface area contributed by atoms with Crippen molar-refractivity contribution in [2.24, 2.45) is 0 Å². The van der Waals surface area contributed by atoms with Crippen molar-refractivity contribution < 1.29 is 17.9 Å². The first-order chi connectivity index (χ1) is 13.9. The lowest BCUT2D eigenvalue weighted by Gasteiger charge is -2.32. The molecule has 0 spiro atoms. The molecule has 29 heavy (non-hydrogen) atoms. The molecule has 8 nitrogen and oxygen atoms in total. The summed E-state index contributed by atoms with van der Waals surface area (Å²) in [6.45, 7) is 3.56. The molecule has 2 aromatic rings. The zero-order valence-corrected chi connectivity index (χ0v) is 17.7. The van der Waals surface area contributed by atoms with Gasteiger partial charge in [0.1, 0.15) is 10.6 Å². The fraction of sp³-hybridized carbons (Fsp3) is 0.500. The van der Waals surface area contributed by atoms with Crippen LogP contribution in [0, 0.1) is 0 Å². The van der Waals surface area contributed by atoms with E-state index in [4.69, 9.17) is 4.74 Å². The summed E-state index contributed by atoms with van der Waals surface area (Å²) >= 11 is 0. The SMILES string of the molecule is COc1ccc(C(=O)NCCCn2cccn2)cc1S(=O)(=O)N1CCCCC1C.